The number of rotatable bonds is 5. The van der Waals surface area contributed by atoms with Gasteiger partial charge in [0, 0.05) is 25.5 Å². The van der Waals surface area contributed by atoms with Gasteiger partial charge in [-0.15, -0.1) is 0 Å². The van der Waals surface area contributed by atoms with Gasteiger partial charge in [0.1, 0.15) is 5.82 Å². The second-order valence-corrected chi connectivity index (χ2v) is 4.23. The van der Waals surface area contributed by atoms with E-state index in [9.17, 15) is 9.18 Å². The van der Waals surface area contributed by atoms with E-state index >= 15 is 0 Å². The zero-order chi connectivity index (χ0) is 14.4. The van der Waals surface area contributed by atoms with Crippen LogP contribution >= 0.6 is 0 Å². The number of hydrogen-bond donors (Lipinski definition) is 2. The van der Waals surface area contributed by atoms with E-state index in [4.69, 9.17) is 0 Å². The number of nitrogens with one attached hydrogen (secondary N) is 2. The van der Waals surface area contributed by atoms with Crippen molar-refractivity contribution >= 4 is 11.6 Å². The molecule has 0 bridgehead atoms. The van der Waals surface area contributed by atoms with Crippen LogP contribution < -0.4 is 10.6 Å². The Kier molecular flexibility index (Phi) is 4.65. The van der Waals surface area contributed by atoms with Crippen LogP contribution in [0.4, 0.5) is 10.1 Å². The molecular formula is C15H16FN3O. The zero-order valence-electron chi connectivity index (χ0n) is 11.2. The SMILES string of the molecule is CCNc1c(F)cccc1C(=O)NCc1ccncc1. The van der Waals surface area contributed by atoms with Crippen LogP contribution in [-0.4, -0.2) is 17.4 Å². The van der Waals surface area contributed by atoms with Gasteiger partial charge >= 0.3 is 0 Å². The molecule has 2 N–H and O–H groups in total. The van der Waals surface area contributed by atoms with Gasteiger partial charge in [-0.25, -0.2) is 4.39 Å². The Balaban J connectivity index is 2.11. The molecule has 0 saturated heterocycles. The number of hydrogen-bond acceptors (Lipinski definition) is 3. The number of pyridine rings is 1. The number of amides is 1. The second-order valence-electron chi connectivity index (χ2n) is 4.23. The molecule has 0 atom stereocenters. The van der Waals surface area contributed by atoms with E-state index in [0.717, 1.165) is 5.56 Å². The summed E-state index contributed by atoms with van der Waals surface area (Å²) in [5, 5.41) is 5.65. The van der Waals surface area contributed by atoms with E-state index in [-0.39, 0.29) is 11.6 Å². The number of carbonyl (C=O) groups is 1. The minimum absolute atomic E-state index is 0.238. The first-order valence-electron chi connectivity index (χ1n) is 6.42. The van der Waals surface area contributed by atoms with Crippen molar-refractivity contribution in [1.82, 2.24) is 10.3 Å². The molecule has 20 heavy (non-hydrogen) atoms. The molecule has 5 heteroatoms. The van der Waals surface area contributed by atoms with Gasteiger partial charge in [-0.1, -0.05) is 6.07 Å². The van der Waals surface area contributed by atoms with Crippen molar-refractivity contribution in [1.29, 1.82) is 0 Å². The van der Waals surface area contributed by atoms with Crippen molar-refractivity contribution in [2.24, 2.45) is 0 Å². The third-order valence-electron chi connectivity index (χ3n) is 2.81. The van der Waals surface area contributed by atoms with Crippen molar-refractivity contribution < 1.29 is 9.18 Å². The Bertz CT molecular complexity index is 587. The lowest BCUT2D eigenvalue weighted by atomic mass is 10.1. The van der Waals surface area contributed by atoms with Crippen molar-refractivity contribution in [3.63, 3.8) is 0 Å². The fraction of sp³-hybridized carbons (Fsp3) is 0.200. The first-order chi connectivity index (χ1) is 9.72. The number of carbonyl (C=O) groups excluding carboxylic acids is 1. The lowest BCUT2D eigenvalue weighted by Crippen LogP contribution is -2.24. The Morgan fingerprint density at radius 2 is 2.00 bits per heavy atom. The van der Waals surface area contributed by atoms with Crippen molar-refractivity contribution in [3.05, 3.63) is 59.7 Å². The lowest BCUT2D eigenvalue weighted by Gasteiger charge is -2.12. The van der Waals surface area contributed by atoms with Gasteiger partial charge in [-0.05, 0) is 36.8 Å². The quantitative estimate of drug-likeness (QED) is 0.880. The summed E-state index contributed by atoms with van der Waals surface area (Å²) in [6.45, 7) is 2.78. The van der Waals surface area contributed by atoms with E-state index in [0.29, 0.717) is 18.7 Å². The number of halogens is 1. The smallest absolute Gasteiger partial charge is 0.253 e. The molecule has 0 aliphatic rings. The largest absolute Gasteiger partial charge is 0.382 e. The van der Waals surface area contributed by atoms with Crippen LogP contribution in [0.5, 0.6) is 0 Å². The van der Waals surface area contributed by atoms with Crippen LogP contribution in [0.1, 0.15) is 22.8 Å². The van der Waals surface area contributed by atoms with Crippen LogP contribution in [0.15, 0.2) is 42.7 Å². The Labute approximate surface area is 117 Å². The van der Waals surface area contributed by atoms with Crippen LogP contribution in [0, 0.1) is 5.82 Å². The topological polar surface area (TPSA) is 54.0 Å². The van der Waals surface area contributed by atoms with E-state index in [1.165, 1.54) is 12.1 Å². The molecule has 0 saturated carbocycles. The molecule has 1 aromatic carbocycles. The van der Waals surface area contributed by atoms with Crippen LogP contribution in [0.3, 0.4) is 0 Å². The molecule has 1 heterocycles. The summed E-state index contributed by atoms with van der Waals surface area (Å²) < 4.78 is 13.7. The van der Waals surface area contributed by atoms with Gasteiger partial charge in [0.25, 0.3) is 5.91 Å². The van der Waals surface area contributed by atoms with Crippen LogP contribution in [0.25, 0.3) is 0 Å². The number of anilines is 1. The maximum absolute atomic E-state index is 13.7. The third kappa shape index (κ3) is 3.32. The fourth-order valence-electron chi connectivity index (χ4n) is 1.85. The van der Waals surface area contributed by atoms with Gasteiger partial charge in [0.05, 0.1) is 11.3 Å². The average Bonchev–Trinajstić information content (AvgIpc) is 2.48. The summed E-state index contributed by atoms with van der Waals surface area (Å²) in [5.41, 5.74) is 1.48. The number of nitrogens with zero attached hydrogens (tertiary/aromatic N) is 1. The van der Waals surface area contributed by atoms with E-state index in [1.54, 1.807) is 18.5 Å². The van der Waals surface area contributed by atoms with Crippen molar-refractivity contribution in [3.8, 4) is 0 Å². The van der Waals surface area contributed by atoms with Crippen LogP contribution in [-0.2, 0) is 6.54 Å². The van der Waals surface area contributed by atoms with E-state index < -0.39 is 5.82 Å². The standard InChI is InChI=1S/C15H16FN3O/c1-2-18-14-12(4-3-5-13(14)16)15(20)19-10-11-6-8-17-9-7-11/h3-9,18H,2,10H2,1H3,(H,19,20). The monoisotopic (exact) mass is 273 g/mol. The molecule has 104 valence electrons. The molecule has 0 aliphatic heterocycles. The van der Waals surface area contributed by atoms with E-state index in [2.05, 4.69) is 15.6 Å². The number of aromatic nitrogens is 1. The molecule has 4 nitrogen and oxygen atoms in total. The van der Waals surface area contributed by atoms with Gasteiger partial charge in [-0.3, -0.25) is 9.78 Å². The summed E-state index contributed by atoms with van der Waals surface area (Å²) in [6.07, 6.45) is 3.32. The highest BCUT2D eigenvalue weighted by atomic mass is 19.1. The predicted octanol–water partition coefficient (Wildman–Crippen LogP) is 2.58. The third-order valence-corrected chi connectivity index (χ3v) is 2.81. The number of para-hydroxylation sites is 1. The molecule has 0 spiro atoms. The minimum Gasteiger partial charge on any atom is -0.382 e. The van der Waals surface area contributed by atoms with Crippen LogP contribution in [0.2, 0.25) is 0 Å². The minimum atomic E-state index is -0.427. The molecule has 2 rings (SSSR count). The molecular weight excluding hydrogens is 257 g/mol. The Morgan fingerprint density at radius 1 is 1.25 bits per heavy atom. The van der Waals surface area contributed by atoms with Gasteiger partial charge in [-0.2, -0.15) is 0 Å². The molecule has 1 aromatic heterocycles. The zero-order valence-corrected chi connectivity index (χ0v) is 11.2. The molecule has 0 fully saturated rings. The molecule has 0 radical (unpaired) electrons. The summed E-state index contributed by atoms with van der Waals surface area (Å²) in [7, 11) is 0. The second kappa shape index (κ2) is 6.65. The normalized spacial score (nSPS) is 10.1. The maximum Gasteiger partial charge on any atom is 0.253 e. The summed E-state index contributed by atoms with van der Waals surface area (Å²) in [6, 6.07) is 8.09. The molecule has 0 aliphatic carbocycles. The Morgan fingerprint density at radius 3 is 2.70 bits per heavy atom. The fourth-order valence-corrected chi connectivity index (χ4v) is 1.85. The maximum atomic E-state index is 13.7. The molecule has 2 aromatic rings. The summed E-state index contributed by atoms with van der Waals surface area (Å²) in [5.74, 6) is -0.735. The molecule has 0 unspecified atom stereocenters. The predicted molar refractivity (Wildman–Crippen MR) is 76.0 cm³/mol. The first-order valence-corrected chi connectivity index (χ1v) is 6.42. The van der Waals surface area contributed by atoms with Gasteiger partial charge in [0.2, 0.25) is 0 Å². The highest BCUT2D eigenvalue weighted by Crippen LogP contribution is 2.19. The highest BCUT2D eigenvalue weighted by molar-refractivity contribution is 5.99. The first kappa shape index (κ1) is 14.0. The summed E-state index contributed by atoms with van der Waals surface area (Å²) >= 11 is 0. The van der Waals surface area contributed by atoms with E-state index in [1.807, 2.05) is 19.1 Å². The van der Waals surface area contributed by atoms with Gasteiger partial charge < -0.3 is 10.6 Å². The van der Waals surface area contributed by atoms with Crippen molar-refractivity contribution in [2.45, 2.75) is 13.5 Å². The number of benzene rings is 1. The van der Waals surface area contributed by atoms with Gasteiger partial charge in [0.15, 0.2) is 0 Å². The average molecular weight is 273 g/mol. The Hall–Kier alpha value is -2.43. The highest BCUT2D eigenvalue weighted by Gasteiger charge is 2.14. The lowest BCUT2D eigenvalue weighted by molar-refractivity contribution is 0.0951. The molecule has 1 amide bonds. The van der Waals surface area contributed by atoms with Crippen molar-refractivity contribution in [2.75, 3.05) is 11.9 Å². The summed E-state index contributed by atoms with van der Waals surface area (Å²) in [4.78, 5) is 16.0.